The van der Waals surface area contributed by atoms with Gasteiger partial charge in [-0.1, -0.05) is 0 Å². The fourth-order valence-electron chi connectivity index (χ4n) is 3.20. The van der Waals surface area contributed by atoms with E-state index in [0.29, 0.717) is 19.5 Å². The molecule has 26 heavy (non-hydrogen) atoms. The second kappa shape index (κ2) is 7.09. The Morgan fingerprint density at radius 3 is 2.88 bits per heavy atom. The minimum absolute atomic E-state index is 0.114. The highest BCUT2D eigenvalue weighted by molar-refractivity contribution is 5.93. The van der Waals surface area contributed by atoms with Crippen LogP contribution in [0.15, 0.2) is 42.7 Å². The Hall–Kier alpha value is -3.00. The number of carbonyl (C=O) groups is 2. The summed E-state index contributed by atoms with van der Waals surface area (Å²) >= 11 is 0. The molecule has 0 spiro atoms. The summed E-state index contributed by atoms with van der Waals surface area (Å²) in [6, 6.07) is 5.57. The van der Waals surface area contributed by atoms with Gasteiger partial charge in [-0.05, 0) is 24.6 Å². The molecule has 1 aliphatic heterocycles. The van der Waals surface area contributed by atoms with Crippen LogP contribution in [0.4, 0.5) is 5.69 Å². The highest BCUT2D eigenvalue weighted by atomic mass is 16.4. The number of carboxylic acids is 1. The number of anilines is 1. The summed E-state index contributed by atoms with van der Waals surface area (Å²) in [6.07, 6.45) is 5.68. The van der Waals surface area contributed by atoms with Crippen LogP contribution in [0.2, 0.25) is 0 Å². The van der Waals surface area contributed by atoms with Crippen molar-refractivity contribution in [2.45, 2.75) is 12.0 Å². The molecule has 2 aromatic heterocycles. The van der Waals surface area contributed by atoms with E-state index in [2.05, 4.69) is 9.97 Å². The third-order valence-corrected chi connectivity index (χ3v) is 4.42. The maximum absolute atomic E-state index is 11.9. The van der Waals surface area contributed by atoms with Crippen molar-refractivity contribution in [1.82, 2.24) is 14.9 Å². The molecule has 1 saturated heterocycles. The molecule has 8 heteroatoms. The topological polar surface area (TPSA) is 107 Å². The van der Waals surface area contributed by atoms with Crippen LogP contribution in [0.1, 0.15) is 6.42 Å². The van der Waals surface area contributed by atoms with Gasteiger partial charge in [-0.15, -0.1) is 0 Å². The van der Waals surface area contributed by atoms with Crippen molar-refractivity contribution in [2.75, 3.05) is 31.6 Å². The summed E-state index contributed by atoms with van der Waals surface area (Å²) in [5.74, 6) is -1.65. The number of aliphatic carboxylic acids is 1. The summed E-state index contributed by atoms with van der Waals surface area (Å²) < 4.78 is 0. The van der Waals surface area contributed by atoms with E-state index in [0.717, 1.165) is 28.9 Å². The van der Waals surface area contributed by atoms with Gasteiger partial charge >= 0.3 is 5.97 Å². The summed E-state index contributed by atoms with van der Waals surface area (Å²) in [5.41, 5.74) is 1.37. The molecule has 1 atom stereocenters. The molecule has 0 unspecified atom stereocenters. The number of aliphatic hydroxyl groups is 1. The number of amides is 1. The molecule has 2 aromatic rings. The van der Waals surface area contributed by atoms with Crippen LogP contribution in [0.25, 0.3) is 11.0 Å². The number of likely N-dealkylation sites (N-methyl/N-ethyl adjacent to an activating group) is 1. The van der Waals surface area contributed by atoms with Crippen LogP contribution >= 0.6 is 0 Å². The Bertz CT molecular complexity index is 864. The monoisotopic (exact) mass is 356 g/mol. The zero-order chi connectivity index (χ0) is 18.7. The fourth-order valence-corrected chi connectivity index (χ4v) is 3.20. The lowest BCUT2D eigenvalue weighted by Gasteiger charge is -2.29. The standard InChI is InChI=1S/C18H20N4O4/c1-21(15(23)4-5-16(24)25)11-18(26)7-10-22(12-18)14-6-9-19-13-3-2-8-20-17(13)14/h2-6,8-9,26H,7,10-12H2,1H3,(H,24,25)/b5-4+/t18-/m1/s1. The molecule has 0 saturated carbocycles. The third-order valence-electron chi connectivity index (χ3n) is 4.42. The average Bonchev–Trinajstić information content (AvgIpc) is 3.00. The quantitative estimate of drug-likeness (QED) is 0.758. The molecular formula is C18H20N4O4. The number of pyridine rings is 2. The van der Waals surface area contributed by atoms with Gasteiger partial charge in [0.05, 0.1) is 17.7 Å². The minimum Gasteiger partial charge on any atom is -0.478 e. The molecule has 8 nitrogen and oxygen atoms in total. The lowest BCUT2D eigenvalue weighted by molar-refractivity contribution is -0.132. The molecule has 136 valence electrons. The summed E-state index contributed by atoms with van der Waals surface area (Å²) in [6.45, 7) is 1.09. The SMILES string of the molecule is CN(C[C@]1(O)CCN(c2ccnc3cccnc23)C1)C(=O)/C=C/C(=O)O. The number of aromatic nitrogens is 2. The van der Waals surface area contributed by atoms with Crippen molar-refractivity contribution in [2.24, 2.45) is 0 Å². The lowest BCUT2D eigenvalue weighted by atomic mass is 10.0. The van der Waals surface area contributed by atoms with E-state index in [9.17, 15) is 14.7 Å². The Kier molecular flexibility index (Phi) is 4.85. The normalized spacial score (nSPS) is 20.0. The Labute approximate surface area is 150 Å². The highest BCUT2D eigenvalue weighted by Crippen LogP contribution is 2.31. The molecule has 1 amide bonds. The Balaban J connectivity index is 1.72. The number of carbonyl (C=O) groups excluding carboxylic acids is 1. The fraction of sp³-hybridized carbons (Fsp3) is 0.333. The van der Waals surface area contributed by atoms with Crippen LogP contribution in [-0.4, -0.2) is 69.2 Å². The number of β-amino-alcohol motifs (C(OH)–C–C–N with tert-alkyl or cyclic N) is 1. The largest absolute Gasteiger partial charge is 0.478 e. The van der Waals surface area contributed by atoms with Crippen LogP contribution in [0.5, 0.6) is 0 Å². The van der Waals surface area contributed by atoms with E-state index in [1.54, 1.807) is 19.4 Å². The van der Waals surface area contributed by atoms with Crippen molar-refractivity contribution >= 4 is 28.6 Å². The van der Waals surface area contributed by atoms with Gasteiger partial charge in [-0.3, -0.25) is 14.8 Å². The molecule has 3 rings (SSSR count). The smallest absolute Gasteiger partial charge is 0.328 e. The maximum atomic E-state index is 11.9. The van der Waals surface area contributed by atoms with E-state index in [1.807, 2.05) is 23.1 Å². The van der Waals surface area contributed by atoms with Gasteiger partial charge in [0, 0.05) is 44.7 Å². The Morgan fingerprint density at radius 1 is 1.31 bits per heavy atom. The second-order valence-electron chi connectivity index (χ2n) is 6.46. The first kappa shape index (κ1) is 17.8. The number of hydrogen-bond acceptors (Lipinski definition) is 6. The van der Waals surface area contributed by atoms with Crippen molar-refractivity contribution in [1.29, 1.82) is 0 Å². The number of rotatable bonds is 5. The van der Waals surface area contributed by atoms with Crippen molar-refractivity contribution < 1.29 is 19.8 Å². The average molecular weight is 356 g/mol. The van der Waals surface area contributed by atoms with Crippen LogP contribution in [-0.2, 0) is 9.59 Å². The molecule has 3 heterocycles. The molecule has 1 aliphatic rings. The van der Waals surface area contributed by atoms with E-state index in [-0.39, 0.29) is 6.54 Å². The first-order chi connectivity index (χ1) is 12.4. The van der Waals surface area contributed by atoms with E-state index in [4.69, 9.17) is 5.11 Å². The van der Waals surface area contributed by atoms with Gasteiger partial charge in [0.25, 0.3) is 0 Å². The number of fused-ring (bicyclic) bond motifs is 1. The van der Waals surface area contributed by atoms with Gasteiger partial charge in [0.1, 0.15) is 11.1 Å². The Morgan fingerprint density at radius 2 is 2.12 bits per heavy atom. The second-order valence-corrected chi connectivity index (χ2v) is 6.46. The molecular weight excluding hydrogens is 336 g/mol. The van der Waals surface area contributed by atoms with Gasteiger partial charge in [0.2, 0.25) is 5.91 Å². The van der Waals surface area contributed by atoms with E-state index in [1.165, 1.54) is 4.90 Å². The molecule has 0 aliphatic carbocycles. The van der Waals surface area contributed by atoms with Crippen molar-refractivity contribution in [3.8, 4) is 0 Å². The number of carboxylic acid groups (broad SMARTS) is 1. The molecule has 0 radical (unpaired) electrons. The van der Waals surface area contributed by atoms with Crippen LogP contribution < -0.4 is 4.90 Å². The highest BCUT2D eigenvalue weighted by Gasteiger charge is 2.38. The zero-order valence-electron chi connectivity index (χ0n) is 14.4. The van der Waals surface area contributed by atoms with Gasteiger partial charge in [-0.25, -0.2) is 4.79 Å². The van der Waals surface area contributed by atoms with E-state index < -0.39 is 17.5 Å². The summed E-state index contributed by atoms with van der Waals surface area (Å²) in [4.78, 5) is 34.5. The van der Waals surface area contributed by atoms with Gasteiger partial charge in [0.15, 0.2) is 0 Å². The van der Waals surface area contributed by atoms with E-state index >= 15 is 0 Å². The predicted octanol–water partition coefficient (Wildman–Crippen LogP) is 0.670. The van der Waals surface area contributed by atoms with Crippen LogP contribution in [0, 0.1) is 0 Å². The molecule has 1 fully saturated rings. The number of nitrogens with zero attached hydrogens (tertiary/aromatic N) is 4. The van der Waals surface area contributed by atoms with Crippen LogP contribution in [0.3, 0.4) is 0 Å². The summed E-state index contributed by atoms with van der Waals surface area (Å²) in [7, 11) is 1.54. The van der Waals surface area contributed by atoms with Gasteiger partial charge < -0.3 is 20.0 Å². The van der Waals surface area contributed by atoms with Crippen molar-refractivity contribution in [3.05, 3.63) is 42.7 Å². The van der Waals surface area contributed by atoms with Gasteiger partial charge in [-0.2, -0.15) is 0 Å². The number of hydrogen-bond donors (Lipinski definition) is 2. The zero-order valence-corrected chi connectivity index (χ0v) is 14.4. The first-order valence-electron chi connectivity index (χ1n) is 8.21. The maximum Gasteiger partial charge on any atom is 0.328 e. The minimum atomic E-state index is -1.19. The predicted molar refractivity (Wildman–Crippen MR) is 95.7 cm³/mol. The molecule has 0 bridgehead atoms. The van der Waals surface area contributed by atoms with Crippen molar-refractivity contribution in [3.63, 3.8) is 0 Å². The lowest BCUT2D eigenvalue weighted by Crippen LogP contribution is -2.45. The third kappa shape index (κ3) is 3.80. The molecule has 0 aromatic carbocycles. The summed E-state index contributed by atoms with van der Waals surface area (Å²) in [5, 5.41) is 19.5. The first-order valence-corrected chi connectivity index (χ1v) is 8.21. The molecule has 2 N–H and O–H groups in total.